The molecule has 8 nitrogen and oxygen atoms in total. The van der Waals surface area contributed by atoms with E-state index in [0.717, 1.165) is 86.0 Å². The smallest absolute Gasteiger partial charge is 0.205 e. The minimum atomic E-state index is -0.0957. The second kappa shape index (κ2) is 16.4. The highest BCUT2D eigenvalue weighted by Crippen LogP contribution is 2.53. The molecule has 54 heavy (non-hydrogen) atoms. The van der Waals surface area contributed by atoms with Crippen molar-refractivity contribution in [2.24, 2.45) is 0 Å². The van der Waals surface area contributed by atoms with Crippen molar-refractivity contribution in [1.29, 1.82) is 0 Å². The molecule has 4 aliphatic rings. The van der Waals surface area contributed by atoms with Crippen LogP contribution < -0.4 is 28.4 Å². The van der Waals surface area contributed by atoms with E-state index in [2.05, 4.69) is 78.1 Å². The van der Waals surface area contributed by atoms with Crippen LogP contribution in [0.1, 0.15) is 76.7 Å². The summed E-state index contributed by atoms with van der Waals surface area (Å²) >= 11 is 0. The largest absolute Gasteiger partial charge is 0.493 e. The van der Waals surface area contributed by atoms with Gasteiger partial charge in [-0.05, 0) is 117 Å². The van der Waals surface area contributed by atoms with Gasteiger partial charge < -0.3 is 28.4 Å². The molecule has 4 aromatic rings. The fourth-order valence-corrected chi connectivity index (χ4v) is 8.13. The van der Waals surface area contributed by atoms with Crippen molar-refractivity contribution in [2.45, 2.75) is 63.5 Å². The second-order valence-corrected chi connectivity index (χ2v) is 14.3. The van der Waals surface area contributed by atoms with Crippen molar-refractivity contribution in [3.63, 3.8) is 0 Å². The quantitative estimate of drug-likeness (QED) is 0.139. The molecule has 0 fully saturated rings. The Morgan fingerprint density at radius 1 is 0.722 bits per heavy atom. The zero-order chi connectivity index (χ0) is 37.8. The lowest BCUT2D eigenvalue weighted by atomic mass is 9.84. The lowest BCUT2D eigenvalue weighted by Crippen LogP contribution is -2.34. The molecule has 0 aromatic heterocycles. The summed E-state index contributed by atoms with van der Waals surface area (Å²) in [6.07, 6.45) is 12.0. The molecule has 0 saturated heterocycles. The number of ether oxygens (including phenoxy) is 6. The average Bonchev–Trinajstić information content (AvgIpc) is 3.18. The van der Waals surface area contributed by atoms with E-state index in [0.29, 0.717) is 46.7 Å². The van der Waals surface area contributed by atoms with Crippen molar-refractivity contribution < 1.29 is 28.4 Å². The molecule has 0 amide bonds. The zero-order valence-electron chi connectivity index (χ0n) is 32.3. The van der Waals surface area contributed by atoms with E-state index < -0.39 is 0 Å². The van der Waals surface area contributed by atoms with Gasteiger partial charge in [0, 0.05) is 43.6 Å². The summed E-state index contributed by atoms with van der Waals surface area (Å²) in [5.74, 6) is 14.8. The van der Waals surface area contributed by atoms with E-state index in [9.17, 15) is 0 Å². The minimum Gasteiger partial charge on any atom is -0.493 e. The molecule has 6 bridgehead atoms. The molecule has 4 aliphatic heterocycles. The summed E-state index contributed by atoms with van der Waals surface area (Å²) in [5, 5.41) is 0. The Hall–Kier alpha value is -5.28. The Balaban J connectivity index is 1.47. The Morgan fingerprint density at radius 3 is 2.15 bits per heavy atom. The molecule has 4 heterocycles. The van der Waals surface area contributed by atoms with Crippen LogP contribution in [0.4, 0.5) is 0 Å². The predicted octanol–water partition coefficient (Wildman–Crippen LogP) is 8.71. The van der Waals surface area contributed by atoms with Gasteiger partial charge in [-0.25, -0.2) is 0 Å². The maximum atomic E-state index is 7.19. The van der Waals surface area contributed by atoms with Crippen LogP contribution in [0.2, 0.25) is 0 Å². The molecule has 8 heteroatoms. The van der Waals surface area contributed by atoms with E-state index >= 15 is 0 Å². The first-order valence-corrected chi connectivity index (χ1v) is 18.8. The highest BCUT2D eigenvalue weighted by Gasteiger charge is 2.37. The number of unbranched alkanes of at least 4 members (excludes halogenated alkanes) is 3. The standard InChI is InChI=1S/C46H50N2O6/c1-8-9-10-11-12-13-14-35-34-22-24-48(3)38-26-31-17-20-39(49-4)41(27-31)53-33-18-15-30(16-19-33)25-37-36-29-42(40(50-5)28-32(36)21-23-47(37)2)54-45(43(34)38)46(52-7)44(35)51-6/h1,15-20,27-29,37-38H,9-12,21-26H2,2-7H3/t37-,38-/m0/s1. The number of methoxy groups -OCH3 is 4. The molecule has 280 valence electrons. The van der Waals surface area contributed by atoms with Crippen LogP contribution in [0.3, 0.4) is 0 Å². The topological polar surface area (TPSA) is 61.9 Å². The number of terminal acetylenes is 1. The summed E-state index contributed by atoms with van der Waals surface area (Å²) < 4.78 is 38.0. The van der Waals surface area contributed by atoms with Crippen LogP contribution in [0.25, 0.3) is 0 Å². The highest BCUT2D eigenvalue weighted by molar-refractivity contribution is 5.71. The fourth-order valence-electron chi connectivity index (χ4n) is 8.13. The first kappa shape index (κ1) is 37.1. The van der Waals surface area contributed by atoms with Gasteiger partial charge in [-0.1, -0.05) is 30.0 Å². The van der Waals surface area contributed by atoms with Gasteiger partial charge in [-0.15, -0.1) is 12.3 Å². The number of hydrogen-bond donors (Lipinski definition) is 0. The van der Waals surface area contributed by atoms with Crippen LogP contribution in [0.5, 0.6) is 46.0 Å². The molecular formula is C46H50N2O6. The molecular weight excluding hydrogens is 677 g/mol. The SMILES string of the molecule is C#CCCCCC#Cc1c2c3c(c(OC)c1OC)Oc1cc4c(cc1OC)CCN(C)[C@H]4Cc1ccc(cc1)Oc1cc(ccc1OC)C[C@@H]3N(C)CC2. The van der Waals surface area contributed by atoms with Crippen LogP contribution in [0, 0.1) is 24.2 Å². The van der Waals surface area contributed by atoms with E-state index in [1.54, 1.807) is 28.4 Å². The lowest BCUT2D eigenvalue weighted by Gasteiger charge is -2.38. The summed E-state index contributed by atoms with van der Waals surface area (Å²) in [7, 11) is 11.1. The first-order chi connectivity index (χ1) is 26.4. The average molecular weight is 727 g/mol. The third-order valence-electron chi connectivity index (χ3n) is 11.1. The Labute approximate surface area is 320 Å². The van der Waals surface area contributed by atoms with E-state index in [1.807, 2.05) is 18.2 Å². The second-order valence-electron chi connectivity index (χ2n) is 14.3. The molecule has 0 spiro atoms. The van der Waals surface area contributed by atoms with Gasteiger partial charge in [-0.3, -0.25) is 9.80 Å². The number of hydrogen-bond acceptors (Lipinski definition) is 8. The van der Waals surface area contributed by atoms with Gasteiger partial charge in [0.25, 0.3) is 0 Å². The molecule has 4 aromatic carbocycles. The highest BCUT2D eigenvalue weighted by atomic mass is 16.5. The van der Waals surface area contributed by atoms with E-state index in [4.69, 9.17) is 34.8 Å². The van der Waals surface area contributed by atoms with Gasteiger partial charge in [-0.2, -0.15) is 0 Å². The maximum absolute atomic E-state index is 7.19. The van der Waals surface area contributed by atoms with Crippen LogP contribution in [-0.4, -0.2) is 65.4 Å². The predicted molar refractivity (Wildman–Crippen MR) is 212 cm³/mol. The van der Waals surface area contributed by atoms with Crippen molar-refractivity contribution in [3.05, 3.63) is 93.5 Å². The maximum Gasteiger partial charge on any atom is 0.205 e. The number of benzene rings is 4. The van der Waals surface area contributed by atoms with Crippen molar-refractivity contribution in [2.75, 3.05) is 55.6 Å². The van der Waals surface area contributed by atoms with Gasteiger partial charge in [0.15, 0.2) is 34.5 Å². The normalized spacial score (nSPS) is 17.6. The molecule has 0 saturated carbocycles. The monoisotopic (exact) mass is 726 g/mol. The van der Waals surface area contributed by atoms with Crippen LogP contribution >= 0.6 is 0 Å². The third kappa shape index (κ3) is 7.29. The Bertz CT molecular complexity index is 2110. The van der Waals surface area contributed by atoms with Gasteiger partial charge >= 0.3 is 0 Å². The Kier molecular flexibility index (Phi) is 11.2. The lowest BCUT2D eigenvalue weighted by molar-refractivity contribution is 0.220. The van der Waals surface area contributed by atoms with Crippen molar-refractivity contribution in [3.8, 4) is 70.2 Å². The van der Waals surface area contributed by atoms with E-state index in [1.165, 1.54) is 16.7 Å². The number of likely N-dealkylation sites (N-methyl/N-ethyl adjacent to an activating group) is 2. The fraction of sp³-hybridized carbons (Fsp3) is 0.391. The molecule has 0 radical (unpaired) electrons. The molecule has 0 N–H and O–H groups in total. The van der Waals surface area contributed by atoms with Crippen molar-refractivity contribution >= 4 is 0 Å². The van der Waals surface area contributed by atoms with Crippen LogP contribution in [-0.2, 0) is 25.7 Å². The van der Waals surface area contributed by atoms with Gasteiger partial charge in [0.1, 0.15) is 5.75 Å². The van der Waals surface area contributed by atoms with Crippen LogP contribution in [0.15, 0.2) is 54.6 Å². The molecule has 2 atom stereocenters. The first-order valence-electron chi connectivity index (χ1n) is 18.8. The molecule has 0 aliphatic carbocycles. The minimum absolute atomic E-state index is 0.0957. The third-order valence-corrected chi connectivity index (χ3v) is 11.1. The summed E-state index contributed by atoms with van der Waals surface area (Å²) in [5.41, 5.74) is 7.77. The number of fused-ring (bicyclic) bond motifs is 2. The summed E-state index contributed by atoms with van der Waals surface area (Å²) in [6.45, 7) is 1.77. The van der Waals surface area contributed by atoms with E-state index in [-0.39, 0.29) is 12.1 Å². The summed E-state index contributed by atoms with van der Waals surface area (Å²) in [6, 6.07) is 18.9. The molecule has 8 rings (SSSR count). The van der Waals surface area contributed by atoms with Gasteiger partial charge in [0.2, 0.25) is 5.75 Å². The number of nitrogens with zero attached hydrogens (tertiary/aromatic N) is 2. The number of rotatable bonds is 7. The van der Waals surface area contributed by atoms with Gasteiger partial charge in [0.05, 0.1) is 34.0 Å². The zero-order valence-corrected chi connectivity index (χ0v) is 32.3. The Morgan fingerprint density at radius 2 is 1.41 bits per heavy atom. The molecule has 0 unspecified atom stereocenters. The van der Waals surface area contributed by atoms with Crippen molar-refractivity contribution in [1.82, 2.24) is 9.80 Å². The summed E-state index contributed by atoms with van der Waals surface area (Å²) in [4.78, 5) is 4.81.